The first-order valence-electron chi connectivity index (χ1n) is 9.71. The molecule has 0 fully saturated rings. The summed E-state index contributed by atoms with van der Waals surface area (Å²) in [5.41, 5.74) is 2.92. The van der Waals surface area contributed by atoms with E-state index >= 15 is 0 Å². The zero-order valence-electron chi connectivity index (χ0n) is 16.8. The molecule has 1 aliphatic rings. The third-order valence-corrected chi connectivity index (χ3v) is 5.53. The van der Waals surface area contributed by atoms with Gasteiger partial charge in [0.1, 0.15) is 5.56 Å². The van der Waals surface area contributed by atoms with Crippen LogP contribution in [0.4, 0.5) is 0 Å². The van der Waals surface area contributed by atoms with E-state index in [-0.39, 0.29) is 22.9 Å². The Hall–Kier alpha value is -3.28. The number of benzene rings is 2. The van der Waals surface area contributed by atoms with Gasteiger partial charge in [0.15, 0.2) is 11.5 Å². The molecule has 2 aromatic carbocycles. The Morgan fingerprint density at radius 2 is 1.93 bits per heavy atom. The summed E-state index contributed by atoms with van der Waals surface area (Å²) in [5, 5.41) is 3.55. The molecule has 2 heterocycles. The molecule has 0 saturated heterocycles. The van der Waals surface area contributed by atoms with Crippen molar-refractivity contribution in [1.29, 1.82) is 0 Å². The standard InChI is InChI=1S/C23H24N2O4/c1-14(16-9-10-19(28-2)20(12-16)29-3)24-23(27)18-13-25-11-5-7-15-6-4-8-17(21(15)25)22(18)26/h4,6,8-10,12-14H,5,7,11H2,1-3H3,(H,24,27)/t14-/m1/s1. The van der Waals surface area contributed by atoms with Gasteiger partial charge < -0.3 is 19.4 Å². The largest absolute Gasteiger partial charge is 0.493 e. The predicted octanol–water partition coefficient (Wildman–Crippen LogP) is 3.46. The zero-order chi connectivity index (χ0) is 20.5. The van der Waals surface area contributed by atoms with Crippen LogP contribution in [0.1, 0.15) is 40.9 Å². The highest BCUT2D eigenvalue weighted by Gasteiger charge is 2.21. The number of carbonyl (C=O) groups is 1. The highest BCUT2D eigenvalue weighted by atomic mass is 16.5. The quantitative estimate of drug-likeness (QED) is 0.722. The number of rotatable bonds is 5. The van der Waals surface area contributed by atoms with Crippen LogP contribution in [-0.2, 0) is 13.0 Å². The van der Waals surface area contributed by atoms with Crippen LogP contribution in [-0.4, -0.2) is 24.7 Å². The number of aryl methyl sites for hydroxylation is 2. The fourth-order valence-electron chi connectivity index (χ4n) is 4.00. The summed E-state index contributed by atoms with van der Waals surface area (Å²) in [6, 6.07) is 10.9. The highest BCUT2D eigenvalue weighted by molar-refractivity contribution is 5.98. The summed E-state index contributed by atoms with van der Waals surface area (Å²) < 4.78 is 12.6. The maximum absolute atomic E-state index is 13.0. The SMILES string of the molecule is COc1ccc([C@@H](C)NC(=O)c2cn3c4c(cccc4c2=O)CCC3)cc1OC. The molecule has 1 N–H and O–H groups in total. The van der Waals surface area contributed by atoms with Gasteiger partial charge in [-0.3, -0.25) is 9.59 Å². The first kappa shape index (κ1) is 19.1. The molecule has 6 nitrogen and oxygen atoms in total. The van der Waals surface area contributed by atoms with Gasteiger partial charge >= 0.3 is 0 Å². The third-order valence-electron chi connectivity index (χ3n) is 5.53. The Morgan fingerprint density at radius 1 is 1.14 bits per heavy atom. The maximum atomic E-state index is 13.0. The van der Waals surface area contributed by atoms with Gasteiger partial charge in [0, 0.05) is 18.1 Å². The second-order valence-electron chi connectivity index (χ2n) is 7.29. The van der Waals surface area contributed by atoms with Crippen LogP contribution in [0.3, 0.4) is 0 Å². The molecule has 0 aliphatic carbocycles. The Bertz CT molecular complexity index is 1150. The highest BCUT2D eigenvalue weighted by Crippen LogP contribution is 2.30. The lowest BCUT2D eigenvalue weighted by Gasteiger charge is -2.21. The summed E-state index contributed by atoms with van der Waals surface area (Å²) in [4.78, 5) is 26.0. The van der Waals surface area contributed by atoms with Gasteiger partial charge in [0.2, 0.25) is 5.43 Å². The first-order chi connectivity index (χ1) is 14.0. The van der Waals surface area contributed by atoms with Crippen molar-refractivity contribution in [1.82, 2.24) is 9.88 Å². The lowest BCUT2D eigenvalue weighted by molar-refractivity contribution is 0.0938. The van der Waals surface area contributed by atoms with Crippen molar-refractivity contribution >= 4 is 16.8 Å². The summed E-state index contributed by atoms with van der Waals surface area (Å²) in [6.45, 7) is 2.68. The summed E-state index contributed by atoms with van der Waals surface area (Å²) in [6.07, 6.45) is 3.65. The van der Waals surface area contributed by atoms with Crippen molar-refractivity contribution < 1.29 is 14.3 Å². The number of ether oxygens (including phenoxy) is 2. The van der Waals surface area contributed by atoms with Crippen molar-refractivity contribution in [3.05, 3.63) is 69.5 Å². The molecule has 0 saturated carbocycles. The number of pyridine rings is 1. The number of aromatic nitrogens is 1. The van der Waals surface area contributed by atoms with Gasteiger partial charge in [-0.2, -0.15) is 0 Å². The van der Waals surface area contributed by atoms with Crippen molar-refractivity contribution in [2.24, 2.45) is 0 Å². The molecule has 6 heteroatoms. The molecule has 1 atom stereocenters. The van der Waals surface area contributed by atoms with Gasteiger partial charge in [0.25, 0.3) is 5.91 Å². The molecule has 1 aliphatic heterocycles. The van der Waals surface area contributed by atoms with Crippen LogP contribution in [0, 0.1) is 0 Å². The Labute approximate surface area is 169 Å². The van der Waals surface area contributed by atoms with Crippen molar-refractivity contribution in [2.45, 2.75) is 32.4 Å². The van der Waals surface area contributed by atoms with E-state index in [1.165, 1.54) is 0 Å². The predicted molar refractivity (Wildman–Crippen MR) is 112 cm³/mol. The molecule has 1 aromatic heterocycles. The number of nitrogens with one attached hydrogen (secondary N) is 1. The van der Waals surface area contributed by atoms with Crippen LogP contribution >= 0.6 is 0 Å². The minimum absolute atomic E-state index is 0.170. The van der Waals surface area contributed by atoms with Gasteiger partial charge in [-0.25, -0.2) is 0 Å². The molecule has 0 unspecified atom stereocenters. The number of hydrogen-bond acceptors (Lipinski definition) is 4. The van der Waals surface area contributed by atoms with E-state index in [4.69, 9.17) is 9.47 Å². The molecule has 0 spiro atoms. The van der Waals surface area contributed by atoms with E-state index < -0.39 is 0 Å². The second kappa shape index (κ2) is 7.62. The lowest BCUT2D eigenvalue weighted by Crippen LogP contribution is -2.32. The summed E-state index contributed by atoms with van der Waals surface area (Å²) in [5.74, 6) is 0.838. The zero-order valence-corrected chi connectivity index (χ0v) is 16.8. The van der Waals surface area contributed by atoms with Crippen LogP contribution < -0.4 is 20.2 Å². The average molecular weight is 392 g/mol. The number of hydrogen-bond donors (Lipinski definition) is 1. The maximum Gasteiger partial charge on any atom is 0.257 e. The number of nitrogens with zero attached hydrogens (tertiary/aromatic N) is 1. The van der Waals surface area contributed by atoms with Crippen molar-refractivity contribution in [3.63, 3.8) is 0 Å². The molecule has 150 valence electrons. The number of methoxy groups -OCH3 is 2. The fourth-order valence-corrected chi connectivity index (χ4v) is 4.00. The van der Waals surface area contributed by atoms with Crippen LogP contribution in [0.2, 0.25) is 0 Å². The van der Waals surface area contributed by atoms with E-state index in [0.29, 0.717) is 16.9 Å². The fraction of sp³-hybridized carbons (Fsp3) is 0.304. The second-order valence-corrected chi connectivity index (χ2v) is 7.29. The topological polar surface area (TPSA) is 69.6 Å². The van der Waals surface area contributed by atoms with E-state index in [9.17, 15) is 9.59 Å². The average Bonchev–Trinajstić information content (AvgIpc) is 2.75. The molecule has 4 rings (SSSR count). The molecule has 1 amide bonds. The third kappa shape index (κ3) is 3.35. The molecular formula is C23H24N2O4. The van der Waals surface area contributed by atoms with Gasteiger partial charge in [0.05, 0.1) is 25.8 Å². The summed E-state index contributed by atoms with van der Waals surface area (Å²) in [7, 11) is 3.15. The monoisotopic (exact) mass is 392 g/mol. The molecule has 29 heavy (non-hydrogen) atoms. The normalized spacial score (nSPS) is 13.8. The van der Waals surface area contributed by atoms with Crippen LogP contribution in [0.15, 0.2) is 47.4 Å². The molecular weight excluding hydrogens is 368 g/mol. The van der Waals surface area contributed by atoms with E-state index in [1.807, 2.05) is 29.7 Å². The van der Waals surface area contributed by atoms with Gasteiger partial charge in [-0.05, 0) is 49.1 Å². The minimum atomic E-state index is -0.376. The minimum Gasteiger partial charge on any atom is -0.493 e. The Morgan fingerprint density at radius 3 is 2.69 bits per heavy atom. The summed E-state index contributed by atoms with van der Waals surface area (Å²) >= 11 is 0. The van der Waals surface area contributed by atoms with E-state index in [1.54, 1.807) is 32.5 Å². The number of carbonyl (C=O) groups excluding carboxylic acids is 1. The molecule has 0 radical (unpaired) electrons. The van der Waals surface area contributed by atoms with Crippen LogP contribution in [0.5, 0.6) is 11.5 Å². The Balaban J connectivity index is 1.66. The lowest BCUT2D eigenvalue weighted by atomic mass is 9.99. The number of amides is 1. The van der Waals surface area contributed by atoms with Crippen LogP contribution in [0.25, 0.3) is 10.9 Å². The van der Waals surface area contributed by atoms with Gasteiger partial charge in [-0.1, -0.05) is 18.2 Å². The molecule has 0 bridgehead atoms. The first-order valence-corrected chi connectivity index (χ1v) is 9.71. The molecule has 3 aromatic rings. The number of para-hydroxylation sites is 1. The van der Waals surface area contributed by atoms with Gasteiger partial charge in [-0.15, -0.1) is 0 Å². The van der Waals surface area contributed by atoms with Crippen molar-refractivity contribution in [2.75, 3.05) is 14.2 Å². The Kier molecular flexibility index (Phi) is 5.01. The van der Waals surface area contributed by atoms with E-state index in [0.717, 1.165) is 36.0 Å². The smallest absolute Gasteiger partial charge is 0.257 e. The van der Waals surface area contributed by atoms with Crippen molar-refractivity contribution in [3.8, 4) is 11.5 Å². The van der Waals surface area contributed by atoms with E-state index in [2.05, 4.69) is 11.4 Å².